The molecule has 1 amide bonds. The molecule has 0 bridgehead atoms. The van der Waals surface area contributed by atoms with E-state index in [9.17, 15) is 9.59 Å². The summed E-state index contributed by atoms with van der Waals surface area (Å²) in [5.74, 6) is 0.0292. The summed E-state index contributed by atoms with van der Waals surface area (Å²) in [7, 11) is 0. The lowest BCUT2D eigenvalue weighted by molar-refractivity contribution is -0.132. The van der Waals surface area contributed by atoms with E-state index in [1.54, 1.807) is 48.5 Å². The lowest BCUT2D eigenvalue weighted by atomic mass is 10.2. The third-order valence-corrected chi connectivity index (χ3v) is 3.00. The van der Waals surface area contributed by atoms with E-state index in [1.165, 1.54) is 13.1 Å². The van der Waals surface area contributed by atoms with Gasteiger partial charge in [-0.1, -0.05) is 23.7 Å². The number of hydrogen-bond donors (Lipinski definition) is 1. The SMILES string of the molecule is CC(=O)Oc1ccccc1C=NNC(=O)COc1ccc(Cl)cc1. The number of carbonyl (C=O) groups is 2. The molecule has 0 saturated heterocycles. The second-order valence-corrected chi connectivity index (χ2v) is 5.10. The van der Waals surface area contributed by atoms with Gasteiger partial charge in [-0.3, -0.25) is 9.59 Å². The van der Waals surface area contributed by atoms with E-state index in [4.69, 9.17) is 21.1 Å². The van der Waals surface area contributed by atoms with Gasteiger partial charge >= 0.3 is 5.97 Å². The van der Waals surface area contributed by atoms with E-state index in [0.29, 0.717) is 22.1 Å². The number of esters is 1. The van der Waals surface area contributed by atoms with Gasteiger partial charge in [-0.05, 0) is 36.4 Å². The summed E-state index contributed by atoms with van der Waals surface area (Å²) in [6.45, 7) is 1.12. The number of amides is 1. The van der Waals surface area contributed by atoms with Gasteiger partial charge in [0.05, 0.1) is 6.21 Å². The molecule has 0 aromatic heterocycles. The summed E-state index contributed by atoms with van der Waals surface area (Å²) in [6.07, 6.45) is 1.39. The highest BCUT2D eigenvalue weighted by atomic mass is 35.5. The largest absolute Gasteiger partial charge is 0.484 e. The monoisotopic (exact) mass is 346 g/mol. The quantitative estimate of drug-likeness (QED) is 0.377. The molecular weight excluding hydrogens is 332 g/mol. The molecule has 124 valence electrons. The highest BCUT2D eigenvalue weighted by Crippen LogP contribution is 2.16. The van der Waals surface area contributed by atoms with Gasteiger partial charge in [0, 0.05) is 17.5 Å². The molecular formula is C17H15ClN2O4. The number of hydrogen-bond acceptors (Lipinski definition) is 5. The third kappa shape index (κ3) is 5.73. The summed E-state index contributed by atoms with van der Waals surface area (Å²) in [5, 5.41) is 4.40. The number of para-hydroxylation sites is 1. The minimum atomic E-state index is -0.434. The molecule has 0 fully saturated rings. The molecule has 2 aromatic carbocycles. The lowest BCUT2D eigenvalue weighted by Crippen LogP contribution is -2.24. The summed E-state index contributed by atoms with van der Waals surface area (Å²) < 4.78 is 10.3. The Morgan fingerprint density at radius 3 is 2.58 bits per heavy atom. The Hall–Kier alpha value is -2.86. The summed E-state index contributed by atoms with van der Waals surface area (Å²) in [5.41, 5.74) is 2.89. The molecule has 2 rings (SSSR count). The van der Waals surface area contributed by atoms with E-state index in [0.717, 1.165) is 0 Å². The number of nitrogens with one attached hydrogen (secondary N) is 1. The Kier molecular flexibility index (Phi) is 6.33. The Balaban J connectivity index is 1.86. The van der Waals surface area contributed by atoms with Crippen LogP contribution >= 0.6 is 11.6 Å². The van der Waals surface area contributed by atoms with Crippen molar-refractivity contribution in [1.82, 2.24) is 5.43 Å². The standard InChI is InChI=1S/C17H15ClN2O4/c1-12(21)24-16-5-3-2-4-13(16)10-19-20-17(22)11-23-15-8-6-14(18)7-9-15/h2-10H,11H2,1H3,(H,20,22). The van der Waals surface area contributed by atoms with E-state index < -0.39 is 11.9 Å². The van der Waals surface area contributed by atoms with Crippen molar-refractivity contribution in [2.24, 2.45) is 5.10 Å². The van der Waals surface area contributed by atoms with Crippen molar-refractivity contribution in [3.63, 3.8) is 0 Å². The van der Waals surface area contributed by atoms with E-state index in [2.05, 4.69) is 10.5 Å². The van der Waals surface area contributed by atoms with Crippen molar-refractivity contribution in [2.75, 3.05) is 6.61 Å². The van der Waals surface area contributed by atoms with Gasteiger partial charge in [-0.15, -0.1) is 0 Å². The first-order chi connectivity index (χ1) is 11.5. The molecule has 24 heavy (non-hydrogen) atoms. The van der Waals surface area contributed by atoms with Gasteiger partial charge in [-0.2, -0.15) is 5.10 Å². The number of rotatable bonds is 6. The van der Waals surface area contributed by atoms with Gasteiger partial charge in [-0.25, -0.2) is 5.43 Å². The molecule has 7 heteroatoms. The highest BCUT2D eigenvalue weighted by molar-refractivity contribution is 6.30. The Labute approximate surface area is 144 Å². The zero-order valence-electron chi connectivity index (χ0n) is 12.9. The Morgan fingerprint density at radius 2 is 1.88 bits per heavy atom. The van der Waals surface area contributed by atoms with Crippen LogP contribution in [0.1, 0.15) is 12.5 Å². The summed E-state index contributed by atoms with van der Waals surface area (Å²) in [6, 6.07) is 13.5. The molecule has 0 aliphatic heterocycles. The van der Waals surface area contributed by atoms with E-state index in [1.807, 2.05) is 0 Å². The van der Waals surface area contributed by atoms with Crippen LogP contribution in [0.15, 0.2) is 53.6 Å². The first-order valence-electron chi connectivity index (χ1n) is 7.02. The van der Waals surface area contributed by atoms with Crippen LogP contribution in [0, 0.1) is 0 Å². The summed E-state index contributed by atoms with van der Waals surface area (Å²) >= 11 is 5.76. The van der Waals surface area contributed by atoms with Gasteiger partial charge in [0.25, 0.3) is 5.91 Å². The highest BCUT2D eigenvalue weighted by Gasteiger charge is 2.04. The number of hydrazone groups is 1. The minimum Gasteiger partial charge on any atom is -0.484 e. The van der Waals surface area contributed by atoms with Crippen LogP contribution in [-0.2, 0) is 9.59 Å². The number of ether oxygens (including phenoxy) is 2. The molecule has 0 aliphatic carbocycles. The average molecular weight is 347 g/mol. The molecule has 0 heterocycles. The zero-order valence-corrected chi connectivity index (χ0v) is 13.6. The molecule has 6 nitrogen and oxygen atoms in total. The Morgan fingerprint density at radius 1 is 1.17 bits per heavy atom. The number of benzene rings is 2. The van der Waals surface area contributed by atoms with Crippen molar-refractivity contribution >= 4 is 29.7 Å². The van der Waals surface area contributed by atoms with Crippen LogP contribution in [0.3, 0.4) is 0 Å². The predicted molar refractivity (Wildman–Crippen MR) is 90.4 cm³/mol. The van der Waals surface area contributed by atoms with E-state index in [-0.39, 0.29) is 6.61 Å². The first kappa shape index (κ1) is 17.5. The van der Waals surface area contributed by atoms with Gasteiger partial charge in [0.15, 0.2) is 6.61 Å². The second kappa shape index (κ2) is 8.69. The molecule has 0 saturated carbocycles. The molecule has 1 N–H and O–H groups in total. The fraction of sp³-hybridized carbons (Fsp3) is 0.118. The van der Waals surface area contributed by atoms with Crippen LogP contribution < -0.4 is 14.9 Å². The van der Waals surface area contributed by atoms with Crippen LogP contribution in [0.5, 0.6) is 11.5 Å². The smallest absolute Gasteiger partial charge is 0.308 e. The van der Waals surface area contributed by atoms with Crippen LogP contribution in [0.4, 0.5) is 0 Å². The van der Waals surface area contributed by atoms with Crippen LogP contribution in [0.2, 0.25) is 5.02 Å². The normalized spacial score (nSPS) is 10.4. The fourth-order valence-corrected chi connectivity index (χ4v) is 1.85. The Bertz CT molecular complexity index is 745. The molecule has 0 unspecified atom stereocenters. The van der Waals surface area contributed by atoms with Crippen LogP contribution in [-0.4, -0.2) is 24.7 Å². The molecule has 0 atom stereocenters. The van der Waals surface area contributed by atoms with Gasteiger partial charge in [0.2, 0.25) is 0 Å². The predicted octanol–water partition coefficient (Wildman–Crippen LogP) is 2.79. The summed E-state index contributed by atoms with van der Waals surface area (Å²) in [4.78, 5) is 22.7. The zero-order chi connectivity index (χ0) is 17.4. The van der Waals surface area contributed by atoms with Crippen molar-refractivity contribution in [3.8, 4) is 11.5 Å². The number of nitrogens with zero attached hydrogens (tertiary/aromatic N) is 1. The maximum absolute atomic E-state index is 11.7. The molecule has 0 aliphatic rings. The molecule has 0 spiro atoms. The van der Waals surface area contributed by atoms with Crippen molar-refractivity contribution in [1.29, 1.82) is 0 Å². The van der Waals surface area contributed by atoms with Gasteiger partial charge < -0.3 is 9.47 Å². The maximum atomic E-state index is 11.7. The maximum Gasteiger partial charge on any atom is 0.308 e. The third-order valence-electron chi connectivity index (χ3n) is 2.75. The van der Waals surface area contributed by atoms with Crippen LogP contribution in [0.25, 0.3) is 0 Å². The van der Waals surface area contributed by atoms with Crippen molar-refractivity contribution in [3.05, 3.63) is 59.1 Å². The minimum absolute atomic E-state index is 0.190. The molecule has 2 aromatic rings. The van der Waals surface area contributed by atoms with Crippen molar-refractivity contribution < 1.29 is 19.1 Å². The van der Waals surface area contributed by atoms with E-state index >= 15 is 0 Å². The topological polar surface area (TPSA) is 77.0 Å². The second-order valence-electron chi connectivity index (χ2n) is 4.67. The number of carbonyl (C=O) groups excluding carboxylic acids is 2. The fourth-order valence-electron chi connectivity index (χ4n) is 1.72. The first-order valence-corrected chi connectivity index (χ1v) is 7.40. The lowest BCUT2D eigenvalue weighted by Gasteiger charge is -2.06. The van der Waals surface area contributed by atoms with Crippen molar-refractivity contribution in [2.45, 2.75) is 6.92 Å². The molecule has 0 radical (unpaired) electrons. The number of halogens is 1. The van der Waals surface area contributed by atoms with Gasteiger partial charge in [0.1, 0.15) is 11.5 Å². The average Bonchev–Trinajstić information content (AvgIpc) is 2.55.